The molecule has 0 aliphatic heterocycles. The first kappa shape index (κ1) is 11.1. The molecule has 0 aromatic carbocycles. The van der Waals surface area contributed by atoms with Gasteiger partial charge in [0.1, 0.15) is 0 Å². The van der Waals surface area contributed by atoms with Crippen LogP contribution in [0.3, 0.4) is 0 Å². The van der Waals surface area contributed by atoms with Crippen LogP contribution in [0.1, 0.15) is 39.4 Å². The van der Waals surface area contributed by atoms with Crippen molar-refractivity contribution >= 4 is 0 Å². The Kier molecular flexibility index (Phi) is 4.55. The molecule has 70 valence electrons. The summed E-state index contributed by atoms with van der Waals surface area (Å²) in [6, 6.07) is 0.240. The molecule has 0 saturated heterocycles. The Bertz CT molecular complexity index is 228. The summed E-state index contributed by atoms with van der Waals surface area (Å²) in [7, 11) is 0. The molecule has 1 rings (SSSR count). The molecule has 0 bridgehead atoms. The molecule has 0 atom stereocenters. The first-order valence-corrected chi connectivity index (χ1v) is 4.32. The molecule has 3 heteroatoms. The summed E-state index contributed by atoms with van der Waals surface area (Å²) in [6.45, 7) is 9.67. The summed E-state index contributed by atoms with van der Waals surface area (Å²) in [5, 5.41) is 3.86. The summed E-state index contributed by atoms with van der Waals surface area (Å²) in [6.07, 6.45) is 1.25. The van der Waals surface area contributed by atoms with Gasteiger partial charge >= 0.3 is 0 Å². The molecule has 1 heterocycles. The van der Waals surface area contributed by atoms with Gasteiger partial charge in [0.05, 0.1) is 11.9 Å². The third-order valence-electron chi connectivity index (χ3n) is 1.47. The molecule has 2 nitrogen and oxygen atoms in total. The number of hydrogen-bond acceptors (Lipinski definition) is 1. The van der Waals surface area contributed by atoms with Crippen LogP contribution in [0.4, 0.5) is 4.39 Å². The van der Waals surface area contributed by atoms with Crippen molar-refractivity contribution in [2.24, 2.45) is 0 Å². The largest absolute Gasteiger partial charge is 0.264 e. The normalized spacial score (nSPS) is 9.58. The van der Waals surface area contributed by atoms with Crippen LogP contribution in [0.15, 0.2) is 6.20 Å². The maximum absolute atomic E-state index is 12.6. The van der Waals surface area contributed by atoms with E-state index < -0.39 is 0 Å². The minimum Gasteiger partial charge on any atom is -0.264 e. The van der Waals surface area contributed by atoms with Gasteiger partial charge in [-0.05, 0) is 20.8 Å². The molecule has 0 amide bonds. The van der Waals surface area contributed by atoms with Crippen molar-refractivity contribution < 1.29 is 4.39 Å². The van der Waals surface area contributed by atoms with E-state index >= 15 is 0 Å². The molecule has 0 radical (unpaired) electrons. The van der Waals surface area contributed by atoms with Crippen LogP contribution in [0, 0.1) is 12.7 Å². The van der Waals surface area contributed by atoms with Gasteiger partial charge in [-0.3, -0.25) is 4.68 Å². The number of hydrogen-bond donors (Lipinski definition) is 0. The van der Waals surface area contributed by atoms with E-state index in [-0.39, 0.29) is 11.9 Å². The van der Waals surface area contributed by atoms with Crippen LogP contribution < -0.4 is 0 Å². The second-order valence-corrected chi connectivity index (χ2v) is 2.62. The molecule has 0 N–H and O–H groups in total. The van der Waals surface area contributed by atoms with Gasteiger partial charge in [-0.15, -0.1) is 0 Å². The van der Waals surface area contributed by atoms with E-state index in [1.165, 1.54) is 6.20 Å². The van der Waals surface area contributed by atoms with Crippen molar-refractivity contribution in [3.05, 3.63) is 17.7 Å². The Morgan fingerprint density at radius 3 is 2.08 bits per heavy atom. The Morgan fingerprint density at radius 1 is 1.42 bits per heavy atom. The monoisotopic (exact) mass is 172 g/mol. The fraction of sp³-hybridized carbons (Fsp3) is 0.667. The highest BCUT2D eigenvalue weighted by atomic mass is 19.1. The lowest BCUT2D eigenvalue weighted by Crippen LogP contribution is -2.04. The number of halogens is 1. The van der Waals surface area contributed by atoms with Gasteiger partial charge in [0.15, 0.2) is 5.82 Å². The highest BCUT2D eigenvalue weighted by Gasteiger charge is 2.06. The lowest BCUT2D eigenvalue weighted by Gasteiger charge is -2.06. The topological polar surface area (TPSA) is 17.8 Å². The maximum atomic E-state index is 12.6. The van der Waals surface area contributed by atoms with E-state index in [4.69, 9.17) is 0 Å². The van der Waals surface area contributed by atoms with Crippen molar-refractivity contribution in [1.82, 2.24) is 9.78 Å². The summed E-state index contributed by atoms with van der Waals surface area (Å²) in [5.41, 5.74) is 0.606. The summed E-state index contributed by atoms with van der Waals surface area (Å²) in [4.78, 5) is 0. The second-order valence-electron chi connectivity index (χ2n) is 2.62. The van der Waals surface area contributed by atoms with Crippen LogP contribution in [0.2, 0.25) is 0 Å². The molecular formula is C9H17FN2. The zero-order chi connectivity index (χ0) is 9.72. The molecule has 0 fully saturated rings. The Balaban J connectivity index is 0.000000561. The molecule has 0 aliphatic carbocycles. The average molecular weight is 172 g/mol. The predicted octanol–water partition coefficient (Wildman–Crippen LogP) is 2.94. The molecule has 1 aromatic heterocycles. The van der Waals surface area contributed by atoms with Crippen molar-refractivity contribution in [3.63, 3.8) is 0 Å². The molecule has 0 saturated carbocycles. The second kappa shape index (κ2) is 4.91. The lowest BCUT2D eigenvalue weighted by molar-refractivity contribution is 0.510. The Hall–Kier alpha value is -0.860. The van der Waals surface area contributed by atoms with E-state index in [0.717, 1.165) is 0 Å². The minimum atomic E-state index is -0.228. The summed E-state index contributed by atoms with van der Waals surface area (Å²) < 4.78 is 14.3. The smallest absolute Gasteiger partial charge is 0.163 e. The van der Waals surface area contributed by atoms with Gasteiger partial charge in [0.2, 0.25) is 0 Å². The fourth-order valence-electron chi connectivity index (χ4n) is 0.923. The molecule has 12 heavy (non-hydrogen) atoms. The summed E-state index contributed by atoms with van der Waals surface area (Å²) in [5.74, 6) is -0.228. The highest BCUT2D eigenvalue weighted by Crippen LogP contribution is 2.09. The SMILES string of the molecule is CC.Cc1c(F)cnn1C(C)C. The zero-order valence-corrected chi connectivity index (χ0v) is 8.43. The van der Waals surface area contributed by atoms with E-state index in [1.807, 2.05) is 27.7 Å². The zero-order valence-electron chi connectivity index (χ0n) is 8.43. The number of rotatable bonds is 1. The Labute approximate surface area is 73.4 Å². The maximum Gasteiger partial charge on any atom is 0.163 e. The standard InChI is InChI=1S/C7H11FN2.C2H6/c1-5(2)10-6(3)7(8)4-9-10;1-2/h4-5H,1-3H3;1-2H3. The predicted molar refractivity (Wildman–Crippen MR) is 48.7 cm³/mol. The van der Waals surface area contributed by atoms with E-state index in [9.17, 15) is 4.39 Å². The quantitative estimate of drug-likeness (QED) is 0.636. The van der Waals surface area contributed by atoms with E-state index in [1.54, 1.807) is 11.6 Å². The molecule has 0 unspecified atom stereocenters. The third kappa shape index (κ3) is 2.32. The number of nitrogens with zero attached hydrogens (tertiary/aromatic N) is 2. The summed E-state index contributed by atoms with van der Waals surface area (Å²) >= 11 is 0. The van der Waals surface area contributed by atoms with E-state index in [2.05, 4.69) is 5.10 Å². The number of aromatic nitrogens is 2. The van der Waals surface area contributed by atoms with Crippen molar-refractivity contribution in [3.8, 4) is 0 Å². The van der Waals surface area contributed by atoms with Gasteiger partial charge in [-0.25, -0.2) is 4.39 Å². The van der Waals surface area contributed by atoms with Crippen molar-refractivity contribution in [1.29, 1.82) is 0 Å². The van der Waals surface area contributed by atoms with E-state index in [0.29, 0.717) is 5.69 Å². The van der Waals surface area contributed by atoms with Crippen LogP contribution in [0.5, 0.6) is 0 Å². The van der Waals surface area contributed by atoms with Gasteiger partial charge in [-0.1, -0.05) is 13.8 Å². The molecule has 1 aromatic rings. The highest BCUT2D eigenvalue weighted by molar-refractivity contribution is 5.01. The molecular weight excluding hydrogens is 155 g/mol. The average Bonchev–Trinajstić information content (AvgIpc) is 2.37. The van der Waals surface area contributed by atoms with Gasteiger partial charge in [-0.2, -0.15) is 5.10 Å². The van der Waals surface area contributed by atoms with Gasteiger partial charge < -0.3 is 0 Å². The van der Waals surface area contributed by atoms with Gasteiger partial charge in [0.25, 0.3) is 0 Å². The minimum absolute atomic E-state index is 0.228. The lowest BCUT2D eigenvalue weighted by atomic mass is 10.4. The van der Waals surface area contributed by atoms with Crippen LogP contribution in [0.25, 0.3) is 0 Å². The first-order valence-electron chi connectivity index (χ1n) is 4.32. The molecule has 0 aliphatic rings. The Morgan fingerprint density at radius 2 is 1.92 bits per heavy atom. The molecule has 0 spiro atoms. The first-order chi connectivity index (χ1) is 5.63. The van der Waals surface area contributed by atoms with Crippen LogP contribution >= 0.6 is 0 Å². The van der Waals surface area contributed by atoms with Crippen LogP contribution in [-0.4, -0.2) is 9.78 Å². The van der Waals surface area contributed by atoms with Crippen LogP contribution in [-0.2, 0) is 0 Å². The third-order valence-corrected chi connectivity index (χ3v) is 1.47. The van der Waals surface area contributed by atoms with Crippen molar-refractivity contribution in [2.75, 3.05) is 0 Å². The fourth-order valence-corrected chi connectivity index (χ4v) is 0.923. The van der Waals surface area contributed by atoms with Crippen molar-refractivity contribution in [2.45, 2.75) is 40.7 Å². The van der Waals surface area contributed by atoms with Gasteiger partial charge in [0, 0.05) is 6.04 Å².